The number of aliphatic hydroxyl groups excluding tert-OH is 1. The lowest BCUT2D eigenvalue weighted by molar-refractivity contribution is -0.119. The van der Waals surface area contributed by atoms with Gasteiger partial charge < -0.3 is 25.8 Å². The Morgan fingerprint density at radius 2 is 1.64 bits per heavy atom. The molecule has 2 fully saturated rings. The van der Waals surface area contributed by atoms with Crippen molar-refractivity contribution in [2.24, 2.45) is 11.8 Å². The van der Waals surface area contributed by atoms with Crippen LogP contribution in [0.5, 0.6) is 5.88 Å². The number of nitrogens with one attached hydrogen (secondary N) is 3. The standard InChI is InChI=1S/C38H38Cl2N6O4/c1-50-37-23(16-42-20-27-9-11-34(48)44-27)8-10-32(45-37)31-7-3-6-30(36(31)40)29-5-2-4-28(35(29)39)22-12-13-46-33(15-22)43-19-26(38(46)49)18-41-17-24-14-25(24)21-47/h2-8,10,12-13,15,19,24-25,27,41-42,47H,9,11,14,16-18,20-21H2,1H3,(H,44,48)/t24-,25-,27-/m0/s1. The Balaban J connectivity index is 1.11. The van der Waals surface area contributed by atoms with Gasteiger partial charge in [0.1, 0.15) is 5.65 Å². The fourth-order valence-electron chi connectivity index (χ4n) is 6.62. The van der Waals surface area contributed by atoms with Crippen molar-refractivity contribution in [1.82, 2.24) is 30.3 Å². The molecule has 258 valence electrons. The van der Waals surface area contributed by atoms with Crippen LogP contribution in [0.2, 0.25) is 10.0 Å². The van der Waals surface area contributed by atoms with Crippen molar-refractivity contribution in [3.8, 4) is 39.4 Å². The minimum Gasteiger partial charge on any atom is -0.481 e. The lowest BCUT2D eigenvalue weighted by Crippen LogP contribution is -2.35. The molecule has 4 N–H and O–H groups in total. The summed E-state index contributed by atoms with van der Waals surface area (Å²) in [5.41, 5.74) is 6.39. The molecule has 4 heterocycles. The summed E-state index contributed by atoms with van der Waals surface area (Å²) in [6.45, 7) is 2.62. The molecule has 0 bridgehead atoms. The maximum atomic E-state index is 13.2. The fraction of sp³-hybridized carbons (Fsp3) is 0.316. The van der Waals surface area contributed by atoms with Gasteiger partial charge in [0, 0.05) is 84.5 Å². The van der Waals surface area contributed by atoms with Crippen LogP contribution < -0.4 is 26.2 Å². The molecule has 2 aliphatic rings. The van der Waals surface area contributed by atoms with Gasteiger partial charge in [-0.2, -0.15) is 0 Å². The van der Waals surface area contributed by atoms with Gasteiger partial charge in [-0.05, 0) is 55.0 Å². The van der Waals surface area contributed by atoms with Gasteiger partial charge in [-0.1, -0.05) is 65.7 Å². The third kappa shape index (κ3) is 7.12. The molecular formula is C38H38Cl2N6O4. The maximum Gasteiger partial charge on any atom is 0.262 e. The highest BCUT2D eigenvalue weighted by Crippen LogP contribution is 2.42. The van der Waals surface area contributed by atoms with Crippen LogP contribution in [-0.4, -0.2) is 58.2 Å². The Morgan fingerprint density at radius 3 is 2.36 bits per heavy atom. The highest BCUT2D eigenvalue weighted by molar-refractivity contribution is 6.39. The van der Waals surface area contributed by atoms with E-state index >= 15 is 0 Å². The molecular weight excluding hydrogens is 675 g/mol. The number of rotatable bonds is 13. The van der Waals surface area contributed by atoms with Crippen molar-refractivity contribution in [3.05, 3.63) is 105 Å². The molecule has 50 heavy (non-hydrogen) atoms. The van der Waals surface area contributed by atoms with Crippen LogP contribution in [0.3, 0.4) is 0 Å². The number of carbonyl (C=O) groups excluding carboxylic acids is 1. The number of hydrogen-bond donors (Lipinski definition) is 4. The minimum atomic E-state index is -0.124. The molecule has 2 aromatic carbocycles. The number of benzene rings is 2. The summed E-state index contributed by atoms with van der Waals surface area (Å²) >= 11 is 14.2. The van der Waals surface area contributed by atoms with E-state index in [0.29, 0.717) is 70.7 Å². The van der Waals surface area contributed by atoms with Crippen molar-refractivity contribution in [2.45, 2.75) is 38.4 Å². The molecule has 1 amide bonds. The molecule has 1 aliphatic heterocycles. The molecule has 12 heteroatoms. The van der Waals surface area contributed by atoms with Gasteiger partial charge in [-0.15, -0.1) is 0 Å². The lowest BCUT2D eigenvalue weighted by atomic mass is 9.97. The van der Waals surface area contributed by atoms with E-state index in [1.54, 1.807) is 23.9 Å². The van der Waals surface area contributed by atoms with Crippen LogP contribution in [0.4, 0.5) is 0 Å². The summed E-state index contributed by atoms with van der Waals surface area (Å²) < 4.78 is 7.19. The monoisotopic (exact) mass is 712 g/mol. The van der Waals surface area contributed by atoms with Gasteiger partial charge in [-0.3, -0.25) is 14.0 Å². The van der Waals surface area contributed by atoms with E-state index in [1.807, 2.05) is 60.7 Å². The van der Waals surface area contributed by atoms with Crippen LogP contribution in [0.1, 0.15) is 30.4 Å². The smallest absolute Gasteiger partial charge is 0.262 e. The maximum absolute atomic E-state index is 13.2. The third-order valence-corrected chi connectivity index (χ3v) is 10.4. The highest BCUT2D eigenvalue weighted by atomic mass is 35.5. The van der Waals surface area contributed by atoms with E-state index in [9.17, 15) is 14.7 Å². The summed E-state index contributed by atoms with van der Waals surface area (Å²) in [6.07, 6.45) is 5.77. The number of halogens is 2. The topological polar surface area (TPSA) is 130 Å². The molecule has 7 rings (SSSR count). The van der Waals surface area contributed by atoms with Gasteiger partial charge >= 0.3 is 0 Å². The Morgan fingerprint density at radius 1 is 0.920 bits per heavy atom. The average molecular weight is 714 g/mol. The lowest BCUT2D eigenvalue weighted by Gasteiger charge is -2.16. The summed E-state index contributed by atoms with van der Waals surface area (Å²) in [7, 11) is 1.59. The molecule has 1 saturated heterocycles. The van der Waals surface area contributed by atoms with Crippen LogP contribution in [0, 0.1) is 11.8 Å². The van der Waals surface area contributed by atoms with Crippen molar-refractivity contribution in [2.75, 3.05) is 26.8 Å². The van der Waals surface area contributed by atoms with Gasteiger partial charge in [0.2, 0.25) is 11.8 Å². The predicted molar refractivity (Wildman–Crippen MR) is 195 cm³/mol. The first kappa shape index (κ1) is 34.1. The number of hydrogen-bond acceptors (Lipinski definition) is 8. The number of methoxy groups -OCH3 is 1. The van der Waals surface area contributed by atoms with E-state index in [1.165, 1.54) is 0 Å². The zero-order valence-corrected chi connectivity index (χ0v) is 29.1. The first-order chi connectivity index (χ1) is 24.3. The summed E-state index contributed by atoms with van der Waals surface area (Å²) in [6, 6.07) is 19.3. The average Bonchev–Trinajstić information content (AvgIpc) is 3.77. The second-order valence-electron chi connectivity index (χ2n) is 12.9. The largest absolute Gasteiger partial charge is 0.481 e. The van der Waals surface area contributed by atoms with Crippen molar-refractivity contribution < 1.29 is 14.6 Å². The van der Waals surface area contributed by atoms with Crippen LogP contribution in [-0.2, 0) is 17.9 Å². The Kier molecular flexibility index (Phi) is 10.2. The number of pyridine rings is 2. The van der Waals surface area contributed by atoms with E-state index in [-0.39, 0.29) is 24.1 Å². The number of ether oxygens (including phenoxy) is 1. The van der Waals surface area contributed by atoms with Crippen molar-refractivity contribution >= 4 is 34.8 Å². The van der Waals surface area contributed by atoms with Crippen molar-refractivity contribution in [3.63, 3.8) is 0 Å². The SMILES string of the molecule is COc1nc(-c2cccc(-c3cccc(-c4ccn5c(=O)c(CNC[C@@H]6C[C@H]6CO)cnc5c4)c3Cl)c2Cl)ccc1CNC[C@@H]1CCC(=O)N1. The first-order valence-corrected chi connectivity index (χ1v) is 17.5. The Hall–Kier alpha value is -4.32. The zero-order chi connectivity index (χ0) is 34.8. The number of aromatic nitrogens is 3. The molecule has 0 spiro atoms. The van der Waals surface area contributed by atoms with E-state index in [2.05, 4.69) is 20.9 Å². The molecule has 1 aliphatic carbocycles. The normalized spacial score (nSPS) is 18.4. The molecule has 10 nitrogen and oxygen atoms in total. The quantitative estimate of drug-likeness (QED) is 0.126. The Bertz CT molecular complexity index is 2120. The molecule has 1 saturated carbocycles. The third-order valence-electron chi connectivity index (χ3n) is 9.60. The molecule has 5 aromatic rings. The van der Waals surface area contributed by atoms with Crippen molar-refractivity contribution in [1.29, 1.82) is 0 Å². The second kappa shape index (κ2) is 14.9. The molecule has 3 atom stereocenters. The van der Waals surface area contributed by atoms with Crippen LogP contribution in [0.15, 0.2) is 77.9 Å². The molecule has 0 radical (unpaired) electrons. The Labute approximate surface area is 299 Å². The number of amides is 1. The van der Waals surface area contributed by atoms with E-state index < -0.39 is 0 Å². The number of aliphatic hydroxyl groups is 1. The number of nitrogens with zero attached hydrogens (tertiary/aromatic N) is 3. The summed E-state index contributed by atoms with van der Waals surface area (Å²) in [4.78, 5) is 34.1. The predicted octanol–water partition coefficient (Wildman–Crippen LogP) is 5.49. The molecule has 0 unspecified atom stereocenters. The number of carbonyl (C=O) groups is 1. The van der Waals surface area contributed by atoms with E-state index in [4.69, 9.17) is 32.9 Å². The molecule has 3 aromatic heterocycles. The summed E-state index contributed by atoms with van der Waals surface area (Å²) in [5.74, 6) is 1.43. The number of fused-ring (bicyclic) bond motifs is 1. The summed E-state index contributed by atoms with van der Waals surface area (Å²) in [5, 5.41) is 20.0. The van der Waals surface area contributed by atoms with Gasteiger partial charge in [-0.25, -0.2) is 9.97 Å². The second-order valence-corrected chi connectivity index (χ2v) is 13.7. The van der Waals surface area contributed by atoms with Crippen LogP contribution >= 0.6 is 23.2 Å². The fourth-order valence-corrected chi connectivity index (χ4v) is 7.28. The van der Waals surface area contributed by atoms with Crippen LogP contribution in [0.25, 0.3) is 39.2 Å². The zero-order valence-electron chi connectivity index (χ0n) is 27.6. The van der Waals surface area contributed by atoms with Gasteiger partial charge in [0.05, 0.1) is 22.8 Å². The van der Waals surface area contributed by atoms with Gasteiger partial charge in [0.25, 0.3) is 5.56 Å². The first-order valence-electron chi connectivity index (χ1n) is 16.8. The highest BCUT2D eigenvalue weighted by Gasteiger charge is 2.35. The minimum absolute atomic E-state index is 0.0947. The van der Waals surface area contributed by atoms with Gasteiger partial charge in [0.15, 0.2) is 0 Å². The van der Waals surface area contributed by atoms with E-state index in [0.717, 1.165) is 52.8 Å².